The number of amides is 1. The van der Waals surface area contributed by atoms with E-state index in [9.17, 15) is 19.0 Å². The molecule has 2 aromatic carbocycles. The van der Waals surface area contributed by atoms with E-state index in [1.807, 2.05) is 19.2 Å². The van der Waals surface area contributed by atoms with Gasteiger partial charge in [0.2, 0.25) is 13.3 Å². The highest BCUT2D eigenvalue weighted by Gasteiger charge is 2.66. The van der Waals surface area contributed by atoms with Gasteiger partial charge in [-0.2, -0.15) is 0 Å². The van der Waals surface area contributed by atoms with Crippen LogP contribution in [-0.4, -0.2) is 107 Å². The lowest BCUT2D eigenvalue weighted by Crippen LogP contribution is -2.46. The van der Waals surface area contributed by atoms with Crippen molar-refractivity contribution in [2.24, 2.45) is 11.8 Å². The number of aromatic nitrogens is 2. The monoisotopic (exact) mass is 968 g/mol. The Kier molecular flexibility index (Phi) is 15.1. The average Bonchev–Trinajstić information content (AvgIpc) is 3.69. The van der Waals surface area contributed by atoms with Crippen molar-refractivity contribution < 1.29 is 51.9 Å². The van der Waals surface area contributed by atoms with E-state index >= 15 is 9.18 Å². The van der Waals surface area contributed by atoms with Gasteiger partial charge in [0.25, 0.3) is 0 Å². The van der Waals surface area contributed by atoms with Gasteiger partial charge >= 0.3 is 5.97 Å². The molecule has 2 N–H and O–H groups in total. The zero-order chi connectivity index (χ0) is 46.8. The minimum absolute atomic E-state index is 0.0452. The van der Waals surface area contributed by atoms with Crippen LogP contribution in [-0.2, 0) is 39.3 Å². The lowest BCUT2D eigenvalue weighted by Gasteiger charge is -2.30. The van der Waals surface area contributed by atoms with Crippen molar-refractivity contribution in [2.75, 3.05) is 45.4 Å². The molecule has 2 aromatic heterocycles. The lowest BCUT2D eigenvalue weighted by molar-refractivity contribution is -0.155. The van der Waals surface area contributed by atoms with Gasteiger partial charge in [-0.15, -0.1) is 11.3 Å². The van der Waals surface area contributed by atoms with E-state index in [1.54, 1.807) is 37.3 Å². The molecule has 356 valence electrons. The number of esters is 1. The molecule has 8 rings (SSSR count). The van der Waals surface area contributed by atoms with Crippen LogP contribution in [0.25, 0.3) is 22.3 Å². The van der Waals surface area contributed by atoms with Gasteiger partial charge in [0.15, 0.2) is 10.9 Å². The minimum Gasteiger partial charge on any atom is -0.495 e. The Morgan fingerprint density at radius 2 is 1.85 bits per heavy atom. The number of benzene rings is 2. The van der Waals surface area contributed by atoms with E-state index in [0.717, 1.165) is 25.7 Å². The fourth-order valence-corrected chi connectivity index (χ4v) is 13.7. The molecule has 2 saturated heterocycles. The number of carbonyl (C=O) groups is 3. The number of methoxy groups -OCH3 is 1. The Morgan fingerprint density at radius 3 is 2.61 bits per heavy atom. The summed E-state index contributed by atoms with van der Waals surface area (Å²) in [7, 11) is -2.75. The van der Waals surface area contributed by atoms with Crippen molar-refractivity contribution in [3.8, 4) is 22.9 Å². The molecule has 0 spiro atoms. The molecule has 4 aromatic rings. The van der Waals surface area contributed by atoms with Crippen LogP contribution < -0.4 is 14.8 Å². The molecule has 4 fully saturated rings. The predicted molar refractivity (Wildman–Crippen MR) is 250 cm³/mol. The van der Waals surface area contributed by atoms with Gasteiger partial charge in [0.05, 0.1) is 74.4 Å². The SMILES string of the molecule is COc1ccc2c(O[C@@H]3C[C@H]4C(=O)C[C@]5(P(=O)(O)Cc6c(C)cccc6F)C[C@@H]5CCCOCCOC[C@H](CC(=O)OC5CCCC5)C(=O)N4C3)cc(-c3csc(NC(C)C)n3)nc2c1Cl. The number of halogens is 2. The number of ketones is 1. The molecule has 4 heterocycles. The number of aryl methyl sites for hydroxylation is 1. The molecule has 14 nitrogen and oxygen atoms in total. The Labute approximate surface area is 393 Å². The first kappa shape index (κ1) is 48.3. The molecule has 2 aliphatic carbocycles. The van der Waals surface area contributed by atoms with Gasteiger partial charge in [-0.1, -0.05) is 23.7 Å². The van der Waals surface area contributed by atoms with Gasteiger partial charge in [-0.25, -0.2) is 14.4 Å². The number of nitrogens with zero attached hydrogens (tertiary/aromatic N) is 3. The predicted octanol–water partition coefficient (Wildman–Crippen LogP) is 9.14. The summed E-state index contributed by atoms with van der Waals surface area (Å²) in [5, 5.41) is 5.39. The molecule has 2 aliphatic heterocycles. The number of hydrogen-bond donors (Lipinski definition) is 2. The molecule has 0 bridgehead atoms. The summed E-state index contributed by atoms with van der Waals surface area (Å²) in [4.78, 5) is 66.6. The Morgan fingerprint density at radius 1 is 1.06 bits per heavy atom. The number of Topliss-reactive ketones (excluding diaryl/α,β-unsaturated/α-hetero) is 1. The van der Waals surface area contributed by atoms with Crippen LogP contribution in [0.15, 0.2) is 41.8 Å². The average molecular weight is 970 g/mol. The van der Waals surface area contributed by atoms with Crippen LogP contribution in [0.2, 0.25) is 5.02 Å². The summed E-state index contributed by atoms with van der Waals surface area (Å²) in [6.07, 6.45) is 2.91. The fraction of sp³-hybridized carbons (Fsp3) is 0.562. The number of ether oxygens (including phenoxy) is 5. The molecule has 1 unspecified atom stereocenters. The Bertz CT molecular complexity index is 2470. The van der Waals surface area contributed by atoms with Gasteiger partial charge in [-0.05, 0) is 95.4 Å². The van der Waals surface area contributed by atoms with Crippen LogP contribution in [0.4, 0.5) is 9.52 Å². The molecule has 66 heavy (non-hydrogen) atoms. The van der Waals surface area contributed by atoms with Crippen molar-refractivity contribution in [3.63, 3.8) is 0 Å². The third-order valence-corrected chi connectivity index (χ3v) is 17.4. The Hall–Kier alpha value is -4.18. The molecule has 18 heteroatoms. The third-order valence-electron chi connectivity index (χ3n) is 13.5. The van der Waals surface area contributed by atoms with Crippen LogP contribution >= 0.6 is 30.3 Å². The Balaban J connectivity index is 1.15. The zero-order valence-corrected chi connectivity index (χ0v) is 40.4. The summed E-state index contributed by atoms with van der Waals surface area (Å²) in [6.45, 7) is 6.33. The molecule has 6 atom stereocenters. The number of nitrogens with one attached hydrogen (secondary N) is 1. The molecule has 0 radical (unpaired) electrons. The number of rotatable bonds is 12. The van der Waals surface area contributed by atoms with Crippen molar-refractivity contribution >= 4 is 64.0 Å². The highest BCUT2D eigenvalue weighted by atomic mass is 35.5. The maximum atomic E-state index is 15.2. The standard InChI is InChI=1S/C48H59ClFN4O10PS/c1-28(2)51-47-53-38(27-66-47)37-21-42(34-14-15-41(60-4)44(49)45(34)52-37)63-33-20-39-40(55)23-48(65(58,59)26-35-29(3)9-7-13-36(35)50)22-31(48)10-8-16-61-17-18-62-25-30(46(57)54(39)24-33)19-43(56)64-32-11-5-6-12-32/h7,9,13-15,21,27-28,30-33,39H,5-6,8,10-12,16-20,22-26H2,1-4H3,(H,51,53)(H,58,59)/t30-,31-,33+,39-,48+/m0/s1. The van der Waals surface area contributed by atoms with E-state index < -0.39 is 60.2 Å². The number of fused-ring (bicyclic) bond motifs is 3. The summed E-state index contributed by atoms with van der Waals surface area (Å²) < 4.78 is 60.0. The number of thiazole rings is 1. The first-order valence-corrected chi connectivity index (χ1v) is 26.1. The van der Waals surface area contributed by atoms with E-state index in [0.29, 0.717) is 70.4 Å². The van der Waals surface area contributed by atoms with Crippen molar-refractivity contribution in [1.29, 1.82) is 0 Å². The topological polar surface area (TPSA) is 176 Å². The number of anilines is 1. The summed E-state index contributed by atoms with van der Waals surface area (Å²) >= 11 is 8.32. The lowest BCUT2D eigenvalue weighted by atomic mass is 9.99. The van der Waals surface area contributed by atoms with Gasteiger partial charge in [0, 0.05) is 47.9 Å². The van der Waals surface area contributed by atoms with Crippen LogP contribution in [0.5, 0.6) is 11.5 Å². The second kappa shape index (κ2) is 20.6. The maximum Gasteiger partial charge on any atom is 0.306 e. The second-order valence-electron chi connectivity index (χ2n) is 18.5. The van der Waals surface area contributed by atoms with E-state index in [4.69, 9.17) is 45.3 Å². The second-order valence-corrected chi connectivity index (χ2v) is 22.3. The van der Waals surface area contributed by atoms with E-state index in [2.05, 4.69) is 5.32 Å². The maximum absolute atomic E-state index is 15.2. The third kappa shape index (κ3) is 10.6. The minimum atomic E-state index is -4.26. The quantitative estimate of drug-likeness (QED) is 0.102. The molecule has 1 amide bonds. The molecular formula is C48H59ClFN4O10PS. The fourth-order valence-electron chi connectivity index (χ4n) is 9.85. The number of hydrogen-bond acceptors (Lipinski definition) is 13. The van der Waals surface area contributed by atoms with Crippen molar-refractivity contribution in [3.05, 3.63) is 63.7 Å². The highest BCUT2D eigenvalue weighted by molar-refractivity contribution is 7.59. The van der Waals surface area contributed by atoms with Crippen molar-refractivity contribution in [1.82, 2.24) is 14.9 Å². The van der Waals surface area contributed by atoms with Gasteiger partial charge in [0.1, 0.15) is 40.2 Å². The molecule has 2 saturated carbocycles. The first-order chi connectivity index (χ1) is 31.7. The van der Waals surface area contributed by atoms with Crippen LogP contribution in [0, 0.1) is 24.6 Å². The summed E-state index contributed by atoms with van der Waals surface area (Å²) in [6, 6.07) is 8.85. The highest BCUT2D eigenvalue weighted by Crippen LogP contribution is 2.75. The first-order valence-electron chi connectivity index (χ1n) is 23.0. The van der Waals surface area contributed by atoms with Gasteiger partial charge < -0.3 is 38.8 Å². The van der Waals surface area contributed by atoms with Gasteiger partial charge in [-0.3, -0.25) is 18.9 Å². The smallest absolute Gasteiger partial charge is 0.306 e. The number of pyridine rings is 1. The van der Waals surface area contributed by atoms with Crippen LogP contribution in [0.1, 0.15) is 89.2 Å². The largest absolute Gasteiger partial charge is 0.495 e. The van der Waals surface area contributed by atoms with E-state index in [-0.39, 0.29) is 74.3 Å². The van der Waals surface area contributed by atoms with Crippen molar-refractivity contribution in [2.45, 2.75) is 121 Å². The molecule has 4 aliphatic rings. The zero-order valence-electron chi connectivity index (χ0n) is 37.9. The molecular weight excluding hydrogens is 910 g/mol. The summed E-state index contributed by atoms with van der Waals surface area (Å²) in [5.74, 6) is -2.52. The van der Waals surface area contributed by atoms with E-state index in [1.165, 1.54) is 29.4 Å². The van der Waals surface area contributed by atoms with Crippen LogP contribution in [0.3, 0.4) is 0 Å². The number of carbonyl (C=O) groups excluding carboxylic acids is 3. The normalized spacial score (nSPS) is 25.4. The summed E-state index contributed by atoms with van der Waals surface area (Å²) in [5.41, 5.74) is 2.15.